The van der Waals surface area contributed by atoms with E-state index in [1.54, 1.807) is 7.11 Å². The van der Waals surface area contributed by atoms with Gasteiger partial charge in [0.2, 0.25) is 0 Å². The van der Waals surface area contributed by atoms with Gasteiger partial charge >= 0.3 is 0 Å². The lowest BCUT2D eigenvalue weighted by Crippen LogP contribution is -2.21. The van der Waals surface area contributed by atoms with Crippen LogP contribution in [0.5, 0.6) is 17.2 Å². The van der Waals surface area contributed by atoms with Crippen LogP contribution < -0.4 is 14.8 Å². The number of benzene rings is 2. The lowest BCUT2D eigenvalue weighted by atomic mass is 10.2. The van der Waals surface area contributed by atoms with Crippen molar-refractivity contribution >= 4 is 0 Å². The Kier molecular flexibility index (Phi) is 5.23. The third-order valence-electron chi connectivity index (χ3n) is 3.16. The Bertz CT molecular complexity index is 594. The average molecular weight is 285 g/mol. The number of nitrogens with one attached hydrogen (secondary N) is 1. The van der Waals surface area contributed by atoms with Gasteiger partial charge in [-0.3, -0.25) is 0 Å². The Hall–Kier alpha value is -2.00. The third-order valence-corrected chi connectivity index (χ3v) is 3.16. The summed E-state index contributed by atoms with van der Waals surface area (Å²) in [4.78, 5) is 0. The fourth-order valence-corrected chi connectivity index (χ4v) is 2.03. The van der Waals surface area contributed by atoms with E-state index >= 15 is 0 Å². The largest absolute Gasteiger partial charge is 0.493 e. The van der Waals surface area contributed by atoms with Crippen molar-refractivity contribution in [3.8, 4) is 17.2 Å². The van der Waals surface area contributed by atoms with Crippen LogP contribution in [0.2, 0.25) is 0 Å². The van der Waals surface area contributed by atoms with E-state index in [-0.39, 0.29) is 0 Å². The van der Waals surface area contributed by atoms with E-state index in [4.69, 9.17) is 9.47 Å². The molecule has 0 aliphatic carbocycles. The van der Waals surface area contributed by atoms with Crippen molar-refractivity contribution in [1.29, 1.82) is 0 Å². The van der Waals surface area contributed by atoms with Crippen molar-refractivity contribution in [2.45, 2.75) is 33.4 Å². The van der Waals surface area contributed by atoms with Crippen LogP contribution in [0, 0.1) is 6.92 Å². The van der Waals surface area contributed by atoms with E-state index in [0.29, 0.717) is 6.04 Å². The first-order valence-corrected chi connectivity index (χ1v) is 7.23. The van der Waals surface area contributed by atoms with Crippen LogP contribution in [-0.2, 0) is 6.54 Å². The number of hydrogen-bond donors (Lipinski definition) is 1. The van der Waals surface area contributed by atoms with E-state index < -0.39 is 0 Å². The topological polar surface area (TPSA) is 30.5 Å². The Morgan fingerprint density at radius 2 is 1.86 bits per heavy atom. The zero-order valence-corrected chi connectivity index (χ0v) is 13.1. The second-order valence-corrected chi connectivity index (χ2v) is 5.44. The van der Waals surface area contributed by atoms with Crippen molar-refractivity contribution < 1.29 is 9.47 Å². The zero-order chi connectivity index (χ0) is 15.2. The summed E-state index contributed by atoms with van der Waals surface area (Å²) in [5, 5.41) is 3.40. The van der Waals surface area contributed by atoms with Crippen LogP contribution in [0.25, 0.3) is 0 Å². The summed E-state index contributed by atoms with van der Waals surface area (Å²) in [7, 11) is 1.66. The van der Waals surface area contributed by atoms with Gasteiger partial charge in [0.25, 0.3) is 0 Å². The Balaban J connectivity index is 2.14. The lowest BCUT2D eigenvalue weighted by Gasteiger charge is -2.12. The number of methoxy groups -OCH3 is 1. The highest BCUT2D eigenvalue weighted by atomic mass is 16.5. The van der Waals surface area contributed by atoms with E-state index in [2.05, 4.69) is 31.3 Å². The molecule has 0 heterocycles. The van der Waals surface area contributed by atoms with Gasteiger partial charge in [-0.25, -0.2) is 0 Å². The first-order valence-electron chi connectivity index (χ1n) is 7.23. The van der Waals surface area contributed by atoms with Crippen LogP contribution in [0.15, 0.2) is 42.5 Å². The Morgan fingerprint density at radius 3 is 2.57 bits per heavy atom. The first kappa shape index (κ1) is 15.4. The van der Waals surface area contributed by atoms with Gasteiger partial charge in [0, 0.05) is 12.6 Å². The highest BCUT2D eigenvalue weighted by Crippen LogP contribution is 2.32. The molecule has 2 aromatic rings. The van der Waals surface area contributed by atoms with Crippen molar-refractivity contribution in [3.05, 3.63) is 53.6 Å². The minimum atomic E-state index is 0.465. The molecular formula is C18H23NO2. The smallest absolute Gasteiger partial charge is 0.169 e. The molecule has 0 unspecified atom stereocenters. The molecule has 0 saturated carbocycles. The van der Waals surface area contributed by atoms with Crippen LogP contribution in [0.1, 0.15) is 25.0 Å². The van der Waals surface area contributed by atoms with Crippen LogP contribution in [0.3, 0.4) is 0 Å². The molecule has 0 atom stereocenters. The molecule has 0 saturated heterocycles. The molecule has 0 radical (unpaired) electrons. The summed E-state index contributed by atoms with van der Waals surface area (Å²) in [6.45, 7) is 7.14. The predicted molar refractivity (Wildman–Crippen MR) is 86.2 cm³/mol. The van der Waals surface area contributed by atoms with Gasteiger partial charge in [-0.15, -0.1) is 0 Å². The number of aryl methyl sites for hydroxylation is 1. The van der Waals surface area contributed by atoms with Gasteiger partial charge in [-0.05, 0) is 42.3 Å². The lowest BCUT2D eigenvalue weighted by molar-refractivity contribution is 0.378. The van der Waals surface area contributed by atoms with Crippen molar-refractivity contribution in [2.24, 2.45) is 0 Å². The molecule has 0 spiro atoms. The maximum atomic E-state index is 5.95. The summed E-state index contributed by atoms with van der Waals surface area (Å²) in [5.74, 6) is 2.30. The van der Waals surface area contributed by atoms with Gasteiger partial charge in [-0.1, -0.05) is 32.0 Å². The quantitative estimate of drug-likeness (QED) is 0.858. The zero-order valence-electron chi connectivity index (χ0n) is 13.1. The second-order valence-electron chi connectivity index (χ2n) is 5.44. The molecule has 0 aliphatic heterocycles. The minimum Gasteiger partial charge on any atom is -0.493 e. The van der Waals surface area contributed by atoms with Gasteiger partial charge < -0.3 is 14.8 Å². The van der Waals surface area contributed by atoms with Crippen molar-refractivity contribution in [2.75, 3.05) is 7.11 Å². The minimum absolute atomic E-state index is 0.465. The van der Waals surface area contributed by atoms with Crippen molar-refractivity contribution in [1.82, 2.24) is 5.32 Å². The highest BCUT2D eigenvalue weighted by Gasteiger charge is 2.06. The first-order chi connectivity index (χ1) is 10.1. The highest BCUT2D eigenvalue weighted by molar-refractivity contribution is 5.45. The fourth-order valence-electron chi connectivity index (χ4n) is 2.03. The molecule has 2 aromatic carbocycles. The number of ether oxygens (including phenoxy) is 2. The summed E-state index contributed by atoms with van der Waals surface area (Å²) >= 11 is 0. The predicted octanol–water partition coefficient (Wildman–Crippen LogP) is 4.29. The van der Waals surface area contributed by atoms with Crippen LogP contribution in [0.4, 0.5) is 0 Å². The maximum Gasteiger partial charge on any atom is 0.169 e. The SMILES string of the molecule is COc1cc(C)ccc1Oc1cccc(CNC(C)C)c1. The standard InChI is InChI=1S/C18H23NO2/c1-13(2)19-12-15-6-5-7-16(11-15)21-17-9-8-14(3)10-18(17)20-4/h5-11,13,19H,12H2,1-4H3. The summed E-state index contributed by atoms with van der Waals surface area (Å²) in [6.07, 6.45) is 0. The van der Waals surface area contributed by atoms with E-state index in [1.165, 1.54) is 5.56 Å². The normalized spacial score (nSPS) is 10.7. The summed E-state index contributed by atoms with van der Waals surface area (Å²) < 4.78 is 11.3. The summed E-state index contributed by atoms with van der Waals surface area (Å²) in [5.41, 5.74) is 2.35. The average Bonchev–Trinajstić information content (AvgIpc) is 2.47. The van der Waals surface area contributed by atoms with E-state index in [9.17, 15) is 0 Å². The summed E-state index contributed by atoms with van der Waals surface area (Å²) in [6, 6.07) is 14.5. The molecular weight excluding hydrogens is 262 g/mol. The molecule has 0 bridgehead atoms. The molecule has 3 heteroatoms. The Morgan fingerprint density at radius 1 is 1.05 bits per heavy atom. The molecule has 3 nitrogen and oxygen atoms in total. The third kappa shape index (κ3) is 4.50. The molecule has 0 amide bonds. The molecule has 21 heavy (non-hydrogen) atoms. The van der Waals surface area contributed by atoms with Crippen LogP contribution >= 0.6 is 0 Å². The van der Waals surface area contributed by atoms with Gasteiger partial charge in [0.1, 0.15) is 5.75 Å². The second kappa shape index (κ2) is 7.14. The molecule has 0 fully saturated rings. The Labute approximate surface area is 126 Å². The molecule has 0 aliphatic rings. The van der Waals surface area contributed by atoms with Gasteiger partial charge in [0.05, 0.1) is 7.11 Å². The molecule has 1 N–H and O–H groups in total. The van der Waals surface area contributed by atoms with Gasteiger partial charge in [0.15, 0.2) is 11.5 Å². The number of hydrogen-bond acceptors (Lipinski definition) is 3. The van der Waals surface area contributed by atoms with E-state index in [1.807, 2.05) is 37.3 Å². The molecule has 2 rings (SSSR count). The molecule has 0 aromatic heterocycles. The van der Waals surface area contributed by atoms with Crippen LogP contribution in [-0.4, -0.2) is 13.2 Å². The maximum absolute atomic E-state index is 5.95. The fraction of sp³-hybridized carbons (Fsp3) is 0.333. The monoisotopic (exact) mass is 285 g/mol. The van der Waals surface area contributed by atoms with Gasteiger partial charge in [-0.2, -0.15) is 0 Å². The van der Waals surface area contributed by atoms with Crippen molar-refractivity contribution in [3.63, 3.8) is 0 Å². The number of rotatable bonds is 6. The molecule has 112 valence electrons. The van der Waals surface area contributed by atoms with E-state index in [0.717, 1.165) is 29.4 Å².